The van der Waals surface area contributed by atoms with Gasteiger partial charge >= 0.3 is 0 Å². The lowest BCUT2D eigenvalue weighted by molar-refractivity contribution is 0.191. The first-order chi connectivity index (χ1) is 9.66. The molecule has 2 rings (SSSR count). The molecule has 0 fully saturated rings. The number of aliphatic hydroxyl groups excluding tert-OH is 1. The first-order valence-electron chi connectivity index (χ1n) is 6.17. The van der Waals surface area contributed by atoms with Crippen LogP contribution in [0, 0.1) is 0 Å². The van der Waals surface area contributed by atoms with E-state index in [0.29, 0.717) is 22.3 Å². The van der Waals surface area contributed by atoms with Gasteiger partial charge in [-0.1, -0.05) is 54.2 Å². The van der Waals surface area contributed by atoms with E-state index in [-0.39, 0.29) is 6.54 Å². The van der Waals surface area contributed by atoms with E-state index in [1.807, 2.05) is 30.3 Å². The molecule has 1 unspecified atom stereocenters. The molecule has 2 nitrogen and oxygen atoms in total. The van der Waals surface area contributed by atoms with Gasteiger partial charge in [-0.3, -0.25) is 0 Å². The van der Waals surface area contributed by atoms with Crippen LogP contribution in [0.5, 0.6) is 0 Å². The minimum atomic E-state index is -2.46. The van der Waals surface area contributed by atoms with E-state index in [4.69, 9.17) is 0 Å². The highest BCUT2D eigenvalue weighted by Gasteiger charge is 2.11. The summed E-state index contributed by atoms with van der Waals surface area (Å²) in [6.45, 7) is 0.269. The zero-order valence-corrected chi connectivity index (χ0v) is 11.5. The van der Waals surface area contributed by atoms with Crippen LogP contribution in [0.15, 0.2) is 59.5 Å². The molecular formula is C15H15F2NOS. The first-order valence-corrected chi connectivity index (χ1v) is 7.05. The molecule has 106 valence electrons. The van der Waals surface area contributed by atoms with Gasteiger partial charge in [-0.25, -0.2) is 0 Å². The van der Waals surface area contributed by atoms with Crippen LogP contribution in [0.1, 0.15) is 11.7 Å². The van der Waals surface area contributed by atoms with Crippen LogP contribution in [0.25, 0.3) is 0 Å². The van der Waals surface area contributed by atoms with Gasteiger partial charge in [0.1, 0.15) is 0 Å². The predicted molar refractivity (Wildman–Crippen MR) is 78.2 cm³/mol. The summed E-state index contributed by atoms with van der Waals surface area (Å²) in [5.74, 6) is -2.46. The lowest BCUT2D eigenvalue weighted by Gasteiger charge is -2.15. The molecule has 0 aliphatic heterocycles. The molecule has 0 aliphatic carbocycles. The predicted octanol–water partition coefficient (Wildman–Crippen LogP) is 4.15. The van der Waals surface area contributed by atoms with Gasteiger partial charge in [0.05, 0.1) is 6.10 Å². The third-order valence-electron chi connectivity index (χ3n) is 2.77. The fourth-order valence-corrected chi connectivity index (χ4v) is 2.43. The summed E-state index contributed by atoms with van der Waals surface area (Å²) < 4.78 is 24.9. The van der Waals surface area contributed by atoms with Gasteiger partial charge in [0.2, 0.25) is 0 Å². The second-order valence-electron chi connectivity index (χ2n) is 4.18. The molecule has 0 aliphatic rings. The molecule has 0 bridgehead atoms. The zero-order valence-electron chi connectivity index (χ0n) is 10.7. The maximum atomic E-state index is 12.5. The molecule has 0 spiro atoms. The van der Waals surface area contributed by atoms with Gasteiger partial charge in [-0.05, 0) is 17.7 Å². The van der Waals surface area contributed by atoms with E-state index in [9.17, 15) is 13.9 Å². The Morgan fingerprint density at radius 1 is 1.00 bits per heavy atom. The smallest absolute Gasteiger partial charge is 0.288 e. The Labute approximate surface area is 120 Å². The van der Waals surface area contributed by atoms with Crippen molar-refractivity contribution in [3.8, 4) is 0 Å². The zero-order chi connectivity index (χ0) is 14.4. The Hall–Kier alpha value is -1.59. The van der Waals surface area contributed by atoms with Crippen molar-refractivity contribution in [1.29, 1.82) is 0 Å². The van der Waals surface area contributed by atoms with E-state index >= 15 is 0 Å². The fraction of sp³-hybridized carbons (Fsp3) is 0.200. The molecule has 20 heavy (non-hydrogen) atoms. The Bertz CT molecular complexity index is 536. The molecule has 2 aromatic rings. The number of aliphatic hydroxyl groups is 1. The topological polar surface area (TPSA) is 32.3 Å². The number of anilines is 1. The molecule has 0 saturated carbocycles. The van der Waals surface area contributed by atoms with E-state index in [1.54, 1.807) is 24.3 Å². The third-order valence-corrected chi connectivity index (χ3v) is 3.56. The van der Waals surface area contributed by atoms with Crippen LogP contribution in [0.2, 0.25) is 0 Å². The second-order valence-corrected chi connectivity index (χ2v) is 5.21. The number of alkyl halides is 2. The molecule has 0 heterocycles. The van der Waals surface area contributed by atoms with Crippen molar-refractivity contribution < 1.29 is 13.9 Å². The van der Waals surface area contributed by atoms with Gasteiger partial charge < -0.3 is 10.4 Å². The standard InChI is InChI=1S/C15H15F2NOS/c16-15(17)20-14-9-5-4-8-12(14)18-10-13(19)11-6-2-1-3-7-11/h1-9,13,15,18-19H,10H2. The number of para-hydroxylation sites is 1. The number of hydrogen-bond donors (Lipinski definition) is 2. The molecular weight excluding hydrogens is 280 g/mol. The molecule has 0 amide bonds. The van der Waals surface area contributed by atoms with Crippen LogP contribution in [-0.4, -0.2) is 17.4 Å². The van der Waals surface area contributed by atoms with Gasteiger partial charge in [0.25, 0.3) is 5.76 Å². The van der Waals surface area contributed by atoms with Crippen molar-refractivity contribution in [2.24, 2.45) is 0 Å². The molecule has 0 saturated heterocycles. The van der Waals surface area contributed by atoms with E-state index < -0.39 is 11.9 Å². The summed E-state index contributed by atoms with van der Waals surface area (Å²) in [5.41, 5.74) is 1.40. The molecule has 2 N–H and O–H groups in total. The number of benzene rings is 2. The lowest BCUT2D eigenvalue weighted by Crippen LogP contribution is -2.12. The van der Waals surface area contributed by atoms with Gasteiger partial charge in [0.15, 0.2) is 0 Å². The summed E-state index contributed by atoms with van der Waals surface area (Å²) in [5, 5.41) is 13.0. The summed E-state index contributed by atoms with van der Waals surface area (Å²) in [6.07, 6.45) is -0.680. The van der Waals surface area contributed by atoms with Crippen LogP contribution in [0.3, 0.4) is 0 Å². The molecule has 0 aromatic heterocycles. The van der Waals surface area contributed by atoms with Gasteiger partial charge in [-0.15, -0.1) is 0 Å². The Kier molecular flexibility index (Phi) is 5.38. The second kappa shape index (κ2) is 7.26. The fourth-order valence-electron chi connectivity index (χ4n) is 1.81. The highest BCUT2D eigenvalue weighted by molar-refractivity contribution is 7.99. The number of nitrogens with one attached hydrogen (secondary N) is 1. The summed E-state index contributed by atoms with van der Waals surface area (Å²) in [7, 11) is 0. The highest BCUT2D eigenvalue weighted by atomic mass is 32.2. The van der Waals surface area contributed by atoms with Gasteiger partial charge in [0, 0.05) is 17.1 Å². The first kappa shape index (κ1) is 14.8. The summed E-state index contributed by atoms with van der Waals surface area (Å²) in [4.78, 5) is 0.475. The SMILES string of the molecule is OC(CNc1ccccc1SC(F)F)c1ccccc1. The third kappa shape index (κ3) is 4.21. The van der Waals surface area contributed by atoms with Crippen LogP contribution in [-0.2, 0) is 0 Å². The van der Waals surface area contributed by atoms with E-state index in [2.05, 4.69) is 5.32 Å². The largest absolute Gasteiger partial charge is 0.387 e. The molecule has 2 aromatic carbocycles. The van der Waals surface area contributed by atoms with Crippen LogP contribution < -0.4 is 5.32 Å². The van der Waals surface area contributed by atoms with Crippen LogP contribution in [0.4, 0.5) is 14.5 Å². The quantitative estimate of drug-likeness (QED) is 0.785. The normalized spacial score (nSPS) is 12.4. The molecule has 5 heteroatoms. The van der Waals surface area contributed by atoms with E-state index in [1.165, 1.54) is 0 Å². The summed E-state index contributed by atoms with van der Waals surface area (Å²) >= 11 is 0.495. The Morgan fingerprint density at radius 2 is 1.65 bits per heavy atom. The van der Waals surface area contributed by atoms with Crippen molar-refractivity contribution in [2.75, 3.05) is 11.9 Å². The van der Waals surface area contributed by atoms with Crippen molar-refractivity contribution in [2.45, 2.75) is 16.8 Å². The maximum Gasteiger partial charge on any atom is 0.288 e. The monoisotopic (exact) mass is 295 g/mol. The average molecular weight is 295 g/mol. The number of rotatable bonds is 6. The minimum Gasteiger partial charge on any atom is -0.387 e. The van der Waals surface area contributed by atoms with Gasteiger partial charge in [-0.2, -0.15) is 8.78 Å². The van der Waals surface area contributed by atoms with Crippen molar-refractivity contribution in [3.05, 3.63) is 60.2 Å². The minimum absolute atomic E-state index is 0.269. The van der Waals surface area contributed by atoms with Crippen molar-refractivity contribution >= 4 is 17.4 Å². The molecule has 1 atom stereocenters. The highest BCUT2D eigenvalue weighted by Crippen LogP contribution is 2.31. The Balaban J connectivity index is 2.00. The van der Waals surface area contributed by atoms with E-state index in [0.717, 1.165) is 5.56 Å². The summed E-state index contributed by atoms with van der Waals surface area (Å²) in [6, 6.07) is 16.1. The number of hydrogen-bond acceptors (Lipinski definition) is 3. The molecule has 0 radical (unpaired) electrons. The lowest BCUT2D eigenvalue weighted by atomic mass is 10.1. The Morgan fingerprint density at radius 3 is 2.35 bits per heavy atom. The van der Waals surface area contributed by atoms with Crippen LogP contribution >= 0.6 is 11.8 Å². The maximum absolute atomic E-state index is 12.5. The van der Waals surface area contributed by atoms with Crippen molar-refractivity contribution in [3.63, 3.8) is 0 Å². The number of thioether (sulfide) groups is 1. The number of halogens is 2. The average Bonchev–Trinajstić information content (AvgIpc) is 2.46. The van der Waals surface area contributed by atoms with Crippen molar-refractivity contribution in [1.82, 2.24) is 0 Å².